The van der Waals surface area contributed by atoms with E-state index in [1.54, 1.807) is 12.4 Å². The highest BCUT2D eigenvalue weighted by atomic mass is 15.3. The van der Waals surface area contributed by atoms with Crippen LogP contribution in [0.2, 0.25) is 0 Å². The van der Waals surface area contributed by atoms with Crippen LogP contribution in [0.25, 0.3) is 0 Å². The van der Waals surface area contributed by atoms with Gasteiger partial charge in [0.15, 0.2) is 0 Å². The molecule has 0 aliphatic heterocycles. The smallest absolute Gasteiger partial charge is 0.147 e. The van der Waals surface area contributed by atoms with Crippen molar-refractivity contribution in [3.05, 3.63) is 35.5 Å². The van der Waals surface area contributed by atoms with Crippen LogP contribution in [0.5, 0.6) is 0 Å². The van der Waals surface area contributed by atoms with Crippen molar-refractivity contribution in [1.82, 2.24) is 19.7 Å². The maximum Gasteiger partial charge on any atom is 0.147 e. The van der Waals surface area contributed by atoms with Crippen molar-refractivity contribution in [3.8, 4) is 0 Å². The average molecular weight is 231 g/mol. The molecule has 0 spiro atoms. The quantitative estimate of drug-likeness (QED) is 0.870. The fourth-order valence-corrected chi connectivity index (χ4v) is 1.79. The van der Waals surface area contributed by atoms with Crippen molar-refractivity contribution in [3.63, 3.8) is 0 Å². The van der Waals surface area contributed by atoms with Crippen LogP contribution in [-0.2, 0) is 20.0 Å². The topological polar surface area (TPSA) is 55.6 Å². The number of hydrogen-bond acceptors (Lipinski definition) is 4. The number of nitrogens with zero attached hydrogens (tertiary/aromatic N) is 4. The zero-order chi connectivity index (χ0) is 12.3. The highest BCUT2D eigenvalue weighted by Crippen LogP contribution is 2.11. The molecule has 0 aromatic carbocycles. The van der Waals surface area contributed by atoms with Crippen molar-refractivity contribution in [1.29, 1.82) is 0 Å². The summed E-state index contributed by atoms with van der Waals surface area (Å²) < 4.78 is 1.85. The number of anilines is 1. The maximum absolute atomic E-state index is 4.40. The Morgan fingerprint density at radius 2 is 2.06 bits per heavy atom. The van der Waals surface area contributed by atoms with Gasteiger partial charge < -0.3 is 5.32 Å². The molecular formula is C12H17N5. The first-order valence-corrected chi connectivity index (χ1v) is 5.73. The minimum atomic E-state index is 0.733. The predicted molar refractivity (Wildman–Crippen MR) is 66.7 cm³/mol. The van der Waals surface area contributed by atoms with E-state index < -0.39 is 0 Å². The van der Waals surface area contributed by atoms with E-state index in [1.165, 1.54) is 5.56 Å². The molecule has 5 nitrogen and oxygen atoms in total. The van der Waals surface area contributed by atoms with E-state index in [0.29, 0.717) is 0 Å². The minimum absolute atomic E-state index is 0.733. The van der Waals surface area contributed by atoms with E-state index in [2.05, 4.69) is 27.3 Å². The molecule has 0 unspecified atom stereocenters. The van der Waals surface area contributed by atoms with Gasteiger partial charge in [-0.25, -0.2) is 4.98 Å². The van der Waals surface area contributed by atoms with Gasteiger partial charge in [-0.2, -0.15) is 5.10 Å². The SMILES string of the molecule is CCc1nn(C)cc1CNc1nccnc1C. The Morgan fingerprint density at radius 1 is 1.29 bits per heavy atom. The molecule has 2 aromatic heterocycles. The summed E-state index contributed by atoms with van der Waals surface area (Å²) in [4.78, 5) is 8.45. The number of hydrogen-bond donors (Lipinski definition) is 1. The second-order valence-corrected chi connectivity index (χ2v) is 3.97. The molecule has 0 atom stereocenters. The summed E-state index contributed by atoms with van der Waals surface area (Å²) in [5.41, 5.74) is 3.25. The highest BCUT2D eigenvalue weighted by molar-refractivity contribution is 5.39. The predicted octanol–water partition coefficient (Wildman–Crippen LogP) is 1.69. The highest BCUT2D eigenvalue weighted by Gasteiger charge is 2.06. The standard InChI is InChI=1S/C12H17N5/c1-4-11-10(8-17(3)16-11)7-15-12-9(2)13-5-6-14-12/h5-6,8H,4,7H2,1-3H3,(H,14,15). The molecule has 0 radical (unpaired) electrons. The molecule has 90 valence electrons. The molecule has 0 saturated heterocycles. The van der Waals surface area contributed by atoms with Gasteiger partial charge in [0, 0.05) is 37.7 Å². The van der Waals surface area contributed by atoms with Gasteiger partial charge in [-0.3, -0.25) is 9.67 Å². The van der Waals surface area contributed by atoms with E-state index in [4.69, 9.17) is 0 Å². The summed E-state index contributed by atoms with van der Waals surface area (Å²) in [7, 11) is 1.94. The number of aromatic nitrogens is 4. The summed E-state index contributed by atoms with van der Waals surface area (Å²) in [6.45, 7) is 4.79. The van der Waals surface area contributed by atoms with Crippen LogP contribution in [0.15, 0.2) is 18.6 Å². The first-order chi connectivity index (χ1) is 8.20. The van der Waals surface area contributed by atoms with Gasteiger partial charge in [-0.1, -0.05) is 6.92 Å². The zero-order valence-electron chi connectivity index (χ0n) is 10.4. The van der Waals surface area contributed by atoms with Crippen LogP contribution < -0.4 is 5.32 Å². The third-order valence-corrected chi connectivity index (χ3v) is 2.65. The third-order valence-electron chi connectivity index (χ3n) is 2.65. The lowest BCUT2D eigenvalue weighted by atomic mass is 10.2. The van der Waals surface area contributed by atoms with Crippen molar-refractivity contribution in [2.45, 2.75) is 26.8 Å². The normalized spacial score (nSPS) is 10.5. The Labute approximate surface area is 101 Å². The molecular weight excluding hydrogens is 214 g/mol. The van der Waals surface area contributed by atoms with E-state index in [9.17, 15) is 0 Å². The summed E-state index contributed by atoms with van der Waals surface area (Å²) in [5, 5.41) is 7.69. The van der Waals surface area contributed by atoms with E-state index in [0.717, 1.165) is 30.2 Å². The van der Waals surface area contributed by atoms with Crippen molar-refractivity contribution in [2.24, 2.45) is 7.05 Å². The zero-order valence-corrected chi connectivity index (χ0v) is 10.4. The van der Waals surface area contributed by atoms with E-state index in [-0.39, 0.29) is 0 Å². The summed E-state index contributed by atoms with van der Waals surface area (Å²) in [5.74, 6) is 0.832. The average Bonchev–Trinajstić information content (AvgIpc) is 2.69. The van der Waals surface area contributed by atoms with E-state index >= 15 is 0 Å². The molecule has 17 heavy (non-hydrogen) atoms. The van der Waals surface area contributed by atoms with Crippen LogP contribution in [0.4, 0.5) is 5.82 Å². The third kappa shape index (κ3) is 2.61. The second-order valence-electron chi connectivity index (χ2n) is 3.97. The van der Waals surface area contributed by atoms with E-state index in [1.807, 2.05) is 24.9 Å². The Morgan fingerprint density at radius 3 is 2.76 bits per heavy atom. The molecule has 0 amide bonds. The lowest BCUT2D eigenvalue weighted by Gasteiger charge is -2.06. The van der Waals surface area contributed by atoms with Gasteiger partial charge in [-0.05, 0) is 13.3 Å². The fraction of sp³-hybridized carbons (Fsp3) is 0.417. The molecule has 0 aliphatic carbocycles. The van der Waals surface area contributed by atoms with Crippen LogP contribution in [0.3, 0.4) is 0 Å². The van der Waals surface area contributed by atoms with Gasteiger partial charge >= 0.3 is 0 Å². The Hall–Kier alpha value is -1.91. The summed E-state index contributed by atoms with van der Waals surface area (Å²) in [6.07, 6.45) is 6.37. The Kier molecular flexibility index (Phi) is 3.37. The van der Waals surface area contributed by atoms with Gasteiger partial charge in [0.1, 0.15) is 5.82 Å². The Bertz CT molecular complexity index is 503. The van der Waals surface area contributed by atoms with Crippen LogP contribution in [0.1, 0.15) is 23.9 Å². The molecule has 0 aliphatic rings. The largest absolute Gasteiger partial charge is 0.364 e. The number of rotatable bonds is 4. The first kappa shape index (κ1) is 11.6. The molecule has 2 aromatic rings. The molecule has 5 heteroatoms. The lowest BCUT2D eigenvalue weighted by Crippen LogP contribution is -2.05. The molecule has 2 heterocycles. The molecule has 0 bridgehead atoms. The van der Waals surface area contributed by atoms with Gasteiger partial charge in [0.05, 0.1) is 11.4 Å². The molecule has 1 N–H and O–H groups in total. The van der Waals surface area contributed by atoms with Crippen molar-refractivity contribution in [2.75, 3.05) is 5.32 Å². The molecule has 2 rings (SSSR count). The monoisotopic (exact) mass is 231 g/mol. The van der Waals surface area contributed by atoms with Gasteiger partial charge in [0.2, 0.25) is 0 Å². The van der Waals surface area contributed by atoms with Gasteiger partial charge in [-0.15, -0.1) is 0 Å². The summed E-state index contributed by atoms with van der Waals surface area (Å²) >= 11 is 0. The van der Waals surface area contributed by atoms with Crippen LogP contribution in [0, 0.1) is 6.92 Å². The van der Waals surface area contributed by atoms with Crippen LogP contribution >= 0.6 is 0 Å². The van der Waals surface area contributed by atoms with Gasteiger partial charge in [0.25, 0.3) is 0 Å². The Balaban J connectivity index is 2.09. The lowest BCUT2D eigenvalue weighted by molar-refractivity contribution is 0.746. The summed E-state index contributed by atoms with van der Waals surface area (Å²) in [6, 6.07) is 0. The fourth-order valence-electron chi connectivity index (χ4n) is 1.79. The van der Waals surface area contributed by atoms with Crippen molar-refractivity contribution < 1.29 is 0 Å². The number of aryl methyl sites for hydroxylation is 3. The first-order valence-electron chi connectivity index (χ1n) is 5.73. The minimum Gasteiger partial charge on any atom is -0.364 e. The molecule has 0 fully saturated rings. The molecule has 0 saturated carbocycles. The second kappa shape index (κ2) is 4.95. The number of nitrogens with one attached hydrogen (secondary N) is 1. The van der Waals surface area contributed by atoms with Crippen molar-refractivity contribution >= 4 is 5.82 Å². The maximum atomic E-state index is 4.40. The van der Waals surface area contributed by atoms with Crippen LogP contribution in [-0.4, -0.2) is 19.7 Å².